The molecule has 1 aliphatic heterocycles. The summed E-state index contributed by atoms with van der Waals surface area (Å²) < 4.78 is 5.55. The molecule has 0 radical (unpaired) electrons. The van der Waals surface area contributed by atoms with Crippen molar-refractivity contribution in [1.29, 1.82) is 0 Å². The number of piperidine rings is 1. The maximum absolute atomic E-state index is 11.8. The molecule has 2 atom stereocenters. The Hall–Kier alpha value is -0.610. The molecule has 2 unspecified atom stereocenters. The van der Waals surface area contributed by atoms with E-state index < -0.39 is 6.10 Å². The molecular weight excluding hydrogens is 206 g/mol. The number of aliphatic hydroxyl groups excluding tert-OH is 1. The summed E-state index contributed by atoms with van der Waals surface area (Å²) in [7, 11) is 0. The highest BCUT2D eigenvalue weighted by Crippen LogP contribution is 2.14. The van der Waals surface area contributed by atoms with Gasteiger partial charge in [-0.1, -0.05) is 0 Å². The van der Waals surface area contributed by atoms with E-state index in [9.17, 15) is 4.79 Å². The molecule has 0 aromatic heterocycles. The van der Waals surface area contributed by atoms with Crippen molar-refractivity contribution in [1.82, 2.24) is 4.90 Å². The molecule has 0 bridgehead atoms. The Morgan fingerprint density at radius 3 is 3.00 bits per heavy atom. The average Bonchev–Trinajstić information content (AvgIpc) is 2.26. The summed E-state index contributed by atoms with van der Waals surface area (Å²) in [6, 6.07) is 0. The second-order valence-electron chi connectivity index (χ2n) is 4.45. The maximum Gasteiger partial charge on any atom is 0.222 e. The predicted molar refractivity (Wildman–Crippen MR) is 62.1 cm³/mol. The first kappa shape index (κ1) is 13.5. The minimum absolute atomic E-state index is 0.144. The molecule has 0 saturated carbocycles. The van der Waals surface area contributed by atoms with Crippen LogP contribution in [-0.2, 0) is 9.53 Å². The molecule has 16 heavy (non-hydrogen) atoms. The van der Waals surface area contributed by atoms with Gasteiger partial charge in [0.25, 0.3) is 0 Å². The molecule has 1 N–H and O–H groups in total. The first-order valence-corrected chi connectivity index (χ1v) is 6.21. The van der Waals surface area contributed by atoms with E-state index in [1.807, 2.05) is 11.8 Å². The summed E-state index contributed by atoms with van der Waals surface area (Å²) >= 11 is 0. The molecule has 0 aromatic rings. The summed E-state index contributed by atoms with van der Waals surface area (Å²) in [5.74, 6) is 0.144. The number of carbonyl (C=O) groups excluding carboxylic acids is 1. The monoisotopic (exact) mass is 229 g/mol. The standard InChI is InChI=1S/C12H23NO3/c1-3-16-11-5-4-8-13(9-11)12(15)7-6-10(2)14/h10-11,14H,3-9H2,1-2H3. The van der Waals surface area contributed by atoms with Crippen LogP contribution in [0.15, 0.2) is 0 Å². The molecule has 1 saturated heterocycles. The second kappa shape index (κ2) is 6.86. The Bertz CT molecular complexity index is 216. The Morgan fingerprint density at radius 1 is 1.62 bits per heavy atom. The van der Waals surface area contributed by atoms with Crippen molar-refractivity contribution in [2.45, 2.75) is 51.7 Å². The Kier molecular flexibility index (Phi) is 5.77. The van der Waals surface area contributed by atoms with E-state index in [-0.39, 0.29) is 12.0 Å². The van der Waals surface area contributed by atoms with E-state index in [0.717, 1.165) is 19.4 Å². The van der Waals surface area contributed by atoms with Crippen LogP contribution in [0.1, 0.15) is 39.5 Å². The number of carbonyl (C=O) groups is 1. The number of rotatable bonds is 5. The number of ether oxygens (including phenoxy) is 1. The second-order valence-corrected chi connectivity index (χ2v) is 4.45. The SMILES string of the molecule is CCOC1CCCN(C(=O)CCC(C)O)C1. The average molecular weight is 229 g/mol. The summed E-state index contributed by atoms with van der Waals surface area (Å²) in [5.41, 5.74) is 0. The Labute approximate surface area is 97.6 Å². The third-order valence-electron chi connectivity index (χ3n) is 2.91. The van der Waals surface area contributed by atoms with Gasteiger partial charge in [0.2, 0.25) is 5.91 Å². The molecule has 1 heterocycles. The molecule has 0 aliphatic carbocycles. The maximum atomic E-state index is 11.8. The molecule has 1 rings (SSSR count). The molecule has 1 fully saturated rings. The van der Waals surface area contributed by atoms with Gasteiger partial charge in [0.1, 0.15) is 0 Å². The Balaban J connectivity index is 2.32. The summed E-state index contributed by atoms with van der Waals surface area (Å²) in [5, 5.41) is 9.14. The number of hydrogen-bond acceptors (Lipinski definition) is 3. The molecule has 4 heteroatoms. The highest BCUT2D eigenvalue weighted by atomic mass is 16.5. The number of aliphatic hydroxyl groups is 1. The van der Waals surface area contributed by atoms with E-state index in [1.165, 1.54) is 0 Å². The van der Waals surface area contributed by atoms with Crippen molar-refractivity contribution >= 4 is 5.91 Å². The van der Waals surface area contributed by atoms with Crippen LogP contribution in [0, 0.1) is 0 Å². The summed E-state index contributed by atoms with van der Waals surface area (Å²) in [6.07, 6.45) is 2.87. The van der Waals surface area contributed by atoms with Gasteiger partial charge in [0, 0.05) is 26.1 Å². The van der Waals surface area contributed by atoms with Gasteiger partial charge >= 0.3 is 0 Å². The van der Waals surface area contributed by atoms with Crippen LogP contribution in [0.25, 0.3) is 0 Å². The van der Waals surface area contributed by atoms with Crippen molar-refractivity contribution in [3.05, 3.63) is 0 Å². The first-order chi connectivity index (χ1) is 7.63. The van der Waals surface area contributed by atoms with Crippen LogP contribution in [0.2, 0.25) is 0 Å². The van der Waals surface area contributed by atoms with E-state index in [1.54, 1.807) is 6.92 Å². The van der Waals surface area contributed by atoms with Gasteiger partial charge in [-0.2, -0.15) is 0 Å². The molecule has 4 nitrogen and oxygen atoms in total. The summed E-state index contributed by atoms with van der Waals surface area (Å²) in [6.45, 7) is 5.95. The van der Waals surface area contributed by atoms with Gasteiger partial charge in [-0.3, -0.25) is 4.79 Å². The normalized spacial score (nSPS) is 23.2. The largest absolute Gasteiger partial charge is 0.393 e. The van der Waals surface area contributed by atoms with Crippen molar-refractivity contribution in [2.24, 2.45) is 0 Å². The molecule has 0 aromatic carbocycles. The number of amides is 1. The molecule has 1 aliphatic rings. The van der Waals surface area contributed by atoms with Gasteiger partial charge in [-0.05, 0) is 33.1 Å². The van der Waals surface area contributed by atoms with Gasteiger partial charge in [-0.15, -0.1) is 0 Å². The predicted octanol–water partition coefficient (Wildman–Crippen LogP) is 1.17. The fourth-order valence-corrected chi connectivity index (χ4v) is 2.03. The van der Waals surface area contributed by atoms with Crippen LogP contribution in [-0.4, -0.2) is 47.8 Å². The zero-order valence-electron chi connectivity index (χ0n) is 10.3. The van der Waals surface area contributed by atoms with Crippen molar-refractivity contribution in [3.63, 3.8) is 0 Å². The lowest BCUT2D eigenvalue weighted by Crippen LogP contribution is -2.43. The quantitative estimate of drug-likeness (QED) is 0.770. The highest BCUT2D eigenvalue weighted by Gasteiger charge is 2.23. The molecule has 1 amide bonds. The fourth-order valence-electron chi connectivity index (χ4n) is 2.03. The van der Waals surface area contributed by atoms with Crippen LogP contribution in [0.3, 0.4) is 0 Å². The van der Waals surface area contributed by atoms with Crippen LogP contribution in [0.4, 0.5) is 0 Å². The topological polar surface area (TPSA) is 49.8 Å². The van der Waals surface area contributed by atoms with Crippen molar-refractivity contribution < 1.29 is 14.6 Å². The molecular formula is C12H23NO3. The lowest BCUT2D eigenvalue weighted by molar-refractivity contribution is -0.135. The molecule has 94 valence electrons. The van der Waals surface area contributed by atoms with Crippen molar-refractivity contribution in [3.8, 4) is 0 Å². The van der Waals surface area contributed by atoms with Crippen molar-refractivity contribution in [2.75, 3.05) is 19.7 Å². The van der Waals surface area contributed by atoms with E-state index in [4.69, 9.17) is 9.84 Å². The van der Waals surface area contributed by atoms with Crippen LogP contribution >= 0.6 is 0 Å². The number of nitrogens with zero attached hydrogens (tertiary/aromatic N) is 1. The Morgan fingerprint density at radius 2 is 2.38 bits per heavy atom. The number of likely N-dealkylation sites (tertiary alicyclic amines) is 1. The zero-order valence-corrected chi connectivity index (χ0v) is 10.3. The van der Waals surface area contributed by atoms with E-state index in [0.29, 0.717) is 26.0 Å². The van der Waals surface area contributed by atoms with Gasteiger partial charge < -0.3 is 14.7 Å². The zero-order chi connectivity index (χ0) is 12.0. The smallest absolute Gasteiger partial charge is 0.222 e. The van der Waals surface area contributed by atoms with Crippen LogP contribution in [0.5, 0.6) is 0 Å². The minimum atomic E-state index is -0.392. The molecule has 0 spiro atoms. The van der Waals surface area contributed by atoms with Gasteiger partial charge in [0.15, 0.2) is 0 Å². The van der Waals surface area contributed by atoms with Gasteiger partial charge in [-0.25, -0.2) is 0 Å². The lowest BCUT2D eigenvalue weighted by Gasteiger charge is -2.32. The highest BCUT2D eigenvalue weighted by molar-refractivity contribution is 5.76. The van der Waals surface area contributed by atoms with E-state index in [2.05, 4.69) is 0 Å². The first-order valence-electron chi connectivity index (χ1n) is 6.21. The van der Waals surface area contributed by atoms with E-state index >= 15 is 0 Å². The third kappa shape index (κ3) is 4.49. The van der Waals surface area contributed by atoms with Gasteiger partial charge in [0.05, 0.1) is 12.2 Å². The minimum Gasteiger partial charge on any atom is -0.393 e. The third-order valence-corrected chi connectivity index (χ3v) is 2.91. The lowest BCUT2D eigenvalue weighted by atomic mass is 10.1. The fraction of sp³-hybridized carbons (Fsp3) is 0.917. The summed E-state index contributed by atoms with van der Waals surface area (Å²) in [4.78, 5) is 13.7. The number of hydrogen-bond donors (Lipinski definition) is 1. The van der Waals surface area contributed by atoms with Crippen LogP contribution < -0.4 is 0 Å².